The second-order valence-corrected chi connectivity index (χ2v) is 6.27. The molecule has 0 spiro atoms. The Kier molecular flexibility index (Phi) is 3.30. The number of aryl methyl sites for hydroxylation is 1. The van der Waals surface area contributed by atoms with Crippen molar-refractivity contribution in [2.24, 2.45) is 24.6 Å². The number of rotatable bonds is 2. The van der Waals surface area contributed by atoms with Crippen molar-refractivity contribution in [2.75, 3.05) is 0 Å². The van der Waals surface area contributed by atoms with Gasteiger partial charge in [-0.1, -0.05) is 27.2 Å². The first-order valence-electron chi connectivity index (χ1n) is 6.66. The van der Waals surface area contributed by atoms with Gasteiger partial charge in [0.2, 0.25) is 0 Å². The summed E-state index contributed by atoms with van der Waals surface area (Å²) in [7, 11) is 2.07. The van der Waals surface area contributed by atoms with Crippen LogP contribution in [0.5, 0.6) is 0 Å². The lowest BCUT2D eigenvalue weighted by molar-refractivity contribution is 0.162. The predicted molar refractivity (Wildman–Crippen MR) is 70.7 cm³/mol. The molecule has 3 nitrogen and oxygen atoms in total. The fraction of sp³-hybridized carbons (Fsp3) is 0.786. The molecule has 0 aromatic carbocycles. The van der Waals surface area contributed by atoms with Crippen molar-refractivity contribution >= 4 is 0 Å². The van der Waals surface area contributed by atoms with Gasteiger partial charge < -0.3 is 10.3 Å². The van der Waals surface area contributed by atoms with Crippen LogP contribution in [0.1, 0.15) is 45.9 Å². The van der Waals surface area contributed by atoms with Crippen molar-refractivity contribution in [3.8, 4) is 0 Å². The van der Waals surface area contributed by atoms with Crippen molar-refractivity contribution in [1.82, 2.24) is 9.55 Å². The summed E-state index contributed by atoms with van der Waals surface area (Å²) < 4.78 is 2.13. The summed E-state index contributed by atoms with van der Waals surface area (Å²) >= 11 is 0. The van der Waals surface area contributed by atoms with Crippen molar-refractivity contribution in [1.29, 1.82) is 0 Å². The Morgan fingerprint density at radius 1 is 1.41 bits per heavy atom. The molecule has 1 fully saturated rings. The smallest absolute Gasteiger partial charge is 0.114 e. The highest BCUT2D eigenvalue weighted by atomic mass is 15.0. The van der Waals surface area contributed by atoms with Crippen LogP contribution in [-0.2, 0) is 12.5 Å². The number of aromatic nitrogens is 2. The average molecular weight is 235 g/mol. The van der Waals surface area contributed by atoms with E-state index in [0.29, 0.717) is 12.0 Å². The Hall–Kier alpha value is -0.830. The lowest BCUT2D eigenvalue weighted by Crippen LogP contribution is -2.46. The number of imidazole rings is 1. The molecule has 0 bridgehead atoms. The second-order valence-electron chi connectivity index (χ2n) is 6.27. The predicted octanol–water partition coefficient (Wildman–Crippen LogP) is 2.46. The Morgan fingerprint density at radius 3 is 2.65 bits per heavy atom. The third kappa shape index (κ3) is 2.25. The normalized spacial score (nSPS) is 30.5. The summed E-state index contributed by atoms with van der Waals surface area (Å²) in [5.41, 5.74) is 6.44. The van der Waals surface area contributed by atoms with Gasteiger partial charge in [-0.05, 0) is 24.7 Å². The molecule has 2 rings (SSSR count). The van der Waals surface area contributed by atoms with Crippen LogP contribution in [-0.4, -0.2) is 15.6 Å². The van der Waals surface area contributed by atoms with Crippen molar-refractivity contribution in [3.05, 3.63) is 18.2 Å². The van der Waals surface area contributed by atoms with E-state index >= 15 is 0 Å². The number of hydrogen-bond donors (Lipinski definition) is 1. The standard InChI is InChI=1S/C14H25N3/c1-10-5-6-11(12(15)9-10)14(2,3)13-16-7-8-17(13)4/h7-8,10-12H,5-6,9,15H2,1-4H3. The lowest BCUT2D eigenvalue weighted by Gasteiger charge is -2.42. The number of nitrogens with two attached hydrogens (primary N) is 1. The van der Waals surface area contributed by atoms with Crippen LogP contribution in [0, 0.1) is 11.8 Å². The molecule has 1 aliphatic rings. The third-order valence-electron chi connectivity index (χ3n) is 4.49. The zero-order valence-corrected chi connectivity index (χ0v) is 11.5. The van der Waals surface area contributed by atoms with E-state index in [1.165, 1.54) is 12.8 Å². The molecular formula is C14H25N3. The summed E-state index contributed by atoms with van der Waals surface area (Å²) in [4.78, 5) is 4.52. The molecule has 3 heteroatoms. The first-order valence-corrected chi connectivity index (χ1v) is 6.66. The van der Waals surface area contributed by atoms with Crippen LogP contribution >= 0.6 is 0 Å². The molecule has 3 unspecified atom stereocenters. The van der Waals surface area contributed by atoms with Crippen molar-refractivity contribution in [2.45, 2.75) is 51.5 Å². The van der Waals surface area contributed by atoms with Crippen LogP contribution in [0.15, 0.2) is 12.4 Å². The lowest BCUT2D eigenvalue weighted by atomic mass is 9.66. The summed E-state index contributed by atoms with van der Waals surface area (Å²) in [6.45, 7) is 6.88. The quantitative estimate of drug-likeness (QED) is 0.855. The van der Waals surface area contributed by atoms with Gasteiger partial charge in [0, 0.05) is 30.9 Å². The molecule has 1 aliphatic carbocycles. The van der Waals surface area contributed by atoms with E-state index in [1.54, 1.807) is 0 Å². The molecule has 17 heavy (non-hydrogen) atoms. The Labute approximate surface area is 104 Å². The summed E-state index contributed by atoms with van der Waals surface area (Å²) in [5, 5.41) is 0. The van der Waals surface area contributed by atoms with Gasteiger partial charge in [0.1, 0.15) is 5.82 Å². The monoisotopic (exact) mass is 235 g/mol. The van der Waals surface area contributed by atoms with Gasteiger partial charge in [0.25, 0.3) is 0 Å². The average Bonchev–Trinajstić information content (AvgIpc) is 2.64. The Bertz CT molecular complexity index is 381. The molecule has 2 N–H and O–H groups in total. The van der Waals surface area contributed by atoms with Crippen molar-refractivity contribution in [3.63, 3.8) is 0 Å². The van der Waals surface area contributed by atoms with Crippen LogP contribution in [0.4, 0.5) is 0 Å². The molecule has 0 aliphatic heterocycles. The molecule has 3 atom stereocenters. The van der Waals surface area contributed by atoms with Gasteiger partial charge in [-0.25, -0.2) is 4.98 Å². The summed E-state index contributed by atoms with van der Waals surface area (Å²) in [5.74, 6) is 2.48. The zero-order chi connectivity index (χ0) is 12.6. The third-order valence-corrected chi connectivity index (χ3v) is 4.49. The number of nitrogens with zero attached hydrogens (tertiary/aromatic N) is 2. The van der Waals surface area contributed by atoms with E-state index in [2.05, 4.69) is 37.4 Å². The molecule has 1 aromatic heterocycles. The molecule has 96 valence electrons. The fourth-order valence-electron chi connectivity index (χ4n) is 3.47. The SMILES string of the molecule is CC1CCC(C(C)(C)c2nccn2C)C(N)C1. The second kappa shape index (κ2) is 4.45. The highest BCUT2D eigenvalue weighted by Gasteiger charge is 2.40. The minimum absolute atomic E-state index is 0.0673. The summed E-state index contributed by atoms with van der Waals surface area (Å²) in [6.07, 6.45) is 7.58. The molecular weight excluding hydrogens is 210 g/mol. The largest absolute Gasteiger partial charge is 0.338 e. The maximum absolute atomic E-state index is 6.37. The van der Waals surface area contributed by atoms with Crippen LogP contribution in [0.25, 0.3) is 0 Å². The topological polar surface area (TPSA) is 43.8 Å². The Morgan fingerprint density at radius 2 is 2.12 bits per heavy atom. The highest BCUT2D eigenvalue weighted by Crippen LogP contribution is 2.40. The van der Waals surface area contributed by atoms with E-state index in [9.17, 15) is 0 Å². The molecule has 0 saturated heterocycles. The summed E-state index contributed by atoms with van der Waals surface area (Å²) in [6, 6.07) is 0.311. The highest BCUT2D eigenvalue weighted by molar-refractivity contribution is 5.11. The minimum atomic E-state index is 0.0673. The molecule has 1 heterocycles. The van der Waals surface area contributed by atoms with Gasteiger partial charge in [-0.2, -0.15) is 0 Å². The van der Waals surface area contributed by atoms with Gasteiger partial charge >= 0.3 is 0 Å². The van der Waals surface area contributed by atoms with Gasteiger partial charge in [-0.3, -0.25) is 0 Å². The van der Waals surface area contributed by atoms with E-state index < -0.39 is 0 Å². The Balaban J connectivity index is 2.24. The van der Waals surface area contributed by atoms with Crippen molar-refractivity contribution < 1.29 is 0 Å². The first-order chi connectivity index (χ1) is 7.93. The van der Waals surface area contributed by atoms with Gasteiger partial charge in [0.15, 0.2) is 0 Å². The molecule has 0 radical (unpaired) electrons. The fourth-order valence-corrected chi connectivity index (χ4v) is 3.47. The first kappa shape index (κ1) is 12.6. The van der Waals surface area contributed by atoms with E-state index in [-0.39, 0.29) is 5.41 Å². The van der Waals surface area contributed by atoms with Gasteiger partial charge in [0.05, 0.1) is 0 Å². The van der Waals surface area contributed by atoms with Crippen LogP contribution in [0.3, 0.4) is 0 Å². The molecule has 0 amide bonds. The number of hydrogen-bond acceptors (Lipinski definition) is 2. The van der Waals surface area contributed by atoms with E-state index in [1.807, 2.05) is 12.4 Å². The van der Waals surface area contributed by atoms with E-state index in [0.717, 1.165) is 18.2 Å². The van der Waals surface area contributed by atoms with E-state index in [4.69, 9.17) is 5.73 Å². The maximum Gasteiger partial charge on any atom is 0.114 e. The zero-order valence-electron chi connectivity index (χ0n) is 11.5. The minimum Gasteiger partial charge on any atom is -0.338 e. The van der Waals surface area contributed by atoms with Crippen LogP contribution < -0.4 is 5.73 Å². The van der Waals surface area contributed by atoms with Gasteiger partial charge in [-0.15, -0.1) is 0 Å². The van der Waals surface area contributed by atoms with Crippen LogP contribution in [0.2, 0.25) is 0 Å². The molecule has 1 aromatic rings. The molecule has 1 saturated carbocycles. The maximum atomic E-state index is 6.37.